The summed E-state index contributed by atoms with van der Waals surface area (Å²) in [5, 5.41) is 9.82. The number of nitriles is 1. The van der Waals surface area contributed by atoms with Gasteiger partial charge >= 0.3 is 5.97 Å². The van der Waals surface area contributed by atoms with Crippen LogP contribution in [0.1, 0.15) is 136 Å². The monoisotopic (exact) mass is 443 g/mol. The van der Waals surface area contributed by atoms with Gasteiger partial charge in [-0.2, -0.15) is 5.26 Å². The fourth-order valence-corrected chi connectivity index (χ4v) is 6.90. The lowest BCUT2D eigenvalue weighted by molar-refractivity contribution is -0.158. The zero-order chi connectivity index (χ0) is 22.8. The summed E-state index contributed by atoms with van der Waals surface area (Å²) in [6.45, 7) is 4.58. The number of carbonyl (C=O) groups excluding carboxylic acids is 1. The largest absolute Gasteiger partial charge is 0.462 e. The number of carbonyl (C=O) groups is 1. The van der Waals surface area contributed by atoms with Crippen LogP contribution in [0.15, 0.2) is 0 Å². The Morgan fingerprint density at radius 3 is 2.00 bits per heavy atom. The third kappa shape index (κ3) is 7.23. The molecule has 0 amide bonds. The fourth-order valence-electron chi connectivity index (χ4n) is 6.90. The third-order valence-electron chi connectivity index (χ3n) is 9.41. The first kappa shape index (κ1) is 25.6. The molecule has 0 aromatic heterocycles. The number of nitrogens with zero attached hydrogens (tertiary/aromatic N) is 1. The predicted octanol–water partition coefficient (Wildman–Crippen LogP) is 8.37. The van der Waals surface area contributed by atoms with Crippen molar-refractivity contribution in [3.05, 3.63) is 0 Å². The first-order valence-corrected chi connectivity index (χ1v) is 14.2. The van der Waals surface area contributed by atoms with Crippen molar-refractivity contribution in [2.24, 2.45) is 29.1 Å². The third-order valence-corrected chi connectivity index (χ3v) is 9.41. The smallest absolute Gasteiger partial charge is 0.309 e. The molecule has 3 aliphatic rings. The molecule has 3 nitrogen and oxygen atoms in total. The maximum absolute atomic E-state index is 12.8. The number of rotatable bonds is 10. The first-order chi connectivity index (χ1) is 15.6. The number of hydrogen-bond acceptors (Lipinski definition) is 3. The Kier molecular flexibility index (Phi) is 10.4. The van der Waals surface area contributed by atoms with Crippen molar-refractivity contribution in [3.8, 4) is 6.07 Å². The van der Waals surface area contributed by atoms with E-state index in [-0.39, 0.29) is 23.4 Å². The van der Waals surface area contributed by atoms with E-state index in [0.717, 1.165) is 62.7 Å². The summed E-state index contributed by atoms with van der Waals surface area (Å²) >= 11 is 0. The Balaban J connectivity index is 1.34. The molecule has 0 aromatic rings. The number of esters is 1. The van der Waals surface area contributed by atoms with Gasteiger partial charge in [0.05, 0.1) is 17.4 Å². The molecule has 0 aliphatic heterocycles. The lowest BCUT2D eigenvalue weighted by Crippen LogP contribution is -2.34. The average molecular weight is 444 g/mol. The molecule has 0 N–H and O–H groups in total. The minimum atomic E-state index is -0.163. The quantitative estimate of drug-likeness (QED) is 0.252. The lowest BCUT2D eigenvalue weighted by Gasteiger charge is -2.38. The lowest BCUT2D eigenvalue weighted by atomic mass is 9.69. The average Bonchev–Trinajstić information content (AvgIpc) is 2.85. The Morgan fingerprint density at radius 1 is 0.844 bits per heavy atom. The van der Waals surface area contributed by atoms with Gasteiger partial charge in [-0.15, -0.1) is 0 Å². The fraction of sp³-hybridized carbons (Fsp3) is 0.931. The molecule has 0 radical (unpaired) electrons. The molecule has 3 fully saturated rings. The van der Waals surface area contributed by atoms with Gasteiger partial charge in [0.15, 0.2) is 0 Å². The molecule has 3 heteroatoms. The highest BCUT2D eigenvalue weighted by Gasteiger charge is 2.38. The van der Waals surface area contributed by atoms with Crippen LogP contribution in [0.2, 0.25) is 0 Å². The van der Waals surface area contributed by atoms with E-state index in [4.69, 9.17) is 4.74 Å². The molecule has 182 valence electrons. The van der Waals surface area contributed by atoms with Gasteiger partial charge in [0.25, 0.3) is 0 Å². The van der Waals surface area contributed by atoms with Crippen LogP contribution in [0.25, 0.3) is 0 Å². The van der Waals surface area contributed by atoms with Crippen molar-refractivity contribution in [2.45, 2.75) is 142 Å². The molecular weight excluding hydrogens is 394 g/mol. The van der Waals surface area contributed by atoms with E-state index >= 15 is 0 Å². The van der Waals surface area contributed by atoms with Gasteiger partial charge in [0, 0.05) is 0 Å². The van der Waals surface area contributed by atoms with E-state index in [2.05, 4.69) is 19.9 Å². The predicted molar refractivity (Wildman–Crippen MR) is 131 cm³/mol. The van der Waals surface area contributed by atoms with Gasteiger partial charge in [-0.3, -0.25) is 4.79 Å². The molecule has 3 rings (SSSR count). The Hall–Kier alpha value is -1.04. The molecule has 0 bridgehead atoms. The highest BCUT2D eigenvalue weighted by molar-refractivity contribution is 5.72. The molecule has 0 unspecified atom stereocenters. The molecule has 0 heterocycles. The zero-order valence-electron chi connectivity index (χ0n) is 21.1. The van der Waals surface area contributed by atoms with Crippen LogP contribution in [-0.4, -0.2) is 12.1 Å². The molecule has 0 spiro atoms. The van der Waals surface area contributed by atoms with E-state index in [9.17, 15) is 10.1 Å². The highest BCUT2D eigenvalue weighted by atomic mass is 16.5. The molecule has 3 aliphatic carbocycles. The van der Waals surface area contributed by atoms with E-state index in [1.165, 1.54) is 77.0 Å². The Bertz CT molecular complexity index is 585. The minimum absolute atomic E-state index is 0.0473. The summed E-state index contributed by atoms with van der Waals surface area (Å²) in [5.41, 5.74) is -0.163. The van der Waals surface area contributed by atoms with Crippen molar-refractivity contribution in [3.63, 3.8) is 0 Å². The summed E-state index contributed by atoms with van der Waals surface area (Å²) in [6, 6.07) is 2.65. The van der Waals surface area contributed by atoms with E-state index in [1.54, 1.807) is 0 Å². The van der Waals surface area contributed by atoms with Crippen LogP contribution < -0.4 is 0 Å². The van der Waals surface area contributed by atoms with Crippen LogP contribution in [0.4, 0.5) is 0 Å². The standard InChI is InChI=1S/C29H49NO2/c1-3-5-6-7-8-19-29(22-30)20-17-27(18-21-29)32-28(31)26-15-13-25(14-16-26)24-11-9-23(4-2)10-12-24/h23-27H,3-21H2,1-2H3. The van der Waals surface area contributed by atoms with Crippen molar-refractivity contribution in [1.82, 2.24) is 0 Å². The SMILES string of the molecule is CCCCCCCC1(C#N)CCC(OC(=O)C2CCC(C3CCC(CC)CC3)CC2)CC1. The Morgan fingerprint density at radius 2 is 1.44 bits per heavy atom. The zero-order valence-corrected chi connectivity index (χ0v) is 21.1. The van der Waals surface area contributed by atoms with Gasteiger partial charge in [0.1, 0.15) is 6.10 Å². The van der Waals surface area contributed by atoms with Crippen molar-refractivity contribution >= 4 is 5.97 Å². The molecule has 32 heavy (non-hydrogen) atoms. The topological polar surface area (TPSA) is 50.1 Å². The molecule has 0 atom stereocenters. The van der Waals surface area contributed by atoms with E-state index in [0.29, 0.717) is 0 Å². The van der Waals surface area contributed by atoms with Crippen molar-refractivity contribution in [2.75, 3.05) is 0 Å². The normalized spacial score (nSPS) is 35.7. The molecule has 3 saturated carbocycles. The van der Waals surface area contributed by atoms with E-state index < -0.39 is 0 Å². The second-order valence-electron chi connectivity index (χ2n) is 11.5. The summed E-state index contributed by atoms with van der Waals surface area (Å²) in [7, 11) is 0. The van der Waals surface area contributed by atoms with Crippen LogP contribution in [0, 0.1) is 40.4 Å². The molecule has 0 aromatic carbocycles. The van der Waals surface area contributed by atoms with Crippen LogP contribution >= 0.6 is 0 Å². The van der Waals surface area contributed by atoms with Crippen molar-refractivity contribution in [1.29, 1.82) is 5.26 Å². The van der Waals surface area contributed by atoms with E-state index in [1.807, 2.05) is 0 Å². The molecular formula is C29H49NO2. The summed E-state index contributed by atoms with van der Waals surface area (Å²) in [4.78, 5) is 12.8. The second kappa shape index (κ2) is 13.0. The second-order valence-corrected chi connectivity index (χ2v) is 11.5. The number of unbranched alkanes of at least 4 members (excludes halogenated alkanes) is 4. The van der Waals surface area contributed by atoms with Crippen LogP contribution in [-0.2, 0) is 9.53 Å². The number of ether oxygens (including phenoxy) is 1. The van der Waals surface area contributed by atoms with Crippen molar-refractivity contribution < 1.29 is 9.53 Å². The summed E-state index contributed by atoms with van der Waals surface area (Å²) < 4.78 is 5.99. The first-order valence-electron chi connectivity index (χ1n) is 14.2. The maximum atomic E-state index is 12.8. The Labute approximate surface area is 198 Å². The molecule has 0 saturated heterocycles. The van der Waals surface area contributed by atoms with Gasteiger partial charge in [-0.25, -0.2) is 0 Å². The van der Waals surface area contributed by atoms with Crippen LogP contribution in [0.3, 0.4) is 0 Å². The maximum Gasteiger partial charge on any atom is 0.309 e. The summed E-state index contributed by atoms with van der Waals surface area (Å²) in [6.07, 6.45) is 22.5. The van der Waals surface area contributed by atoms with Crippen LogP contribution in [0.5, 0.6) is 0 Å². The van der Waals surface area contributed by atoms with Gasteiger partial charge in [-0.1, -0.05) is 65.2 Å². The van der Waals surface area contributed by atoms with Gasteiger partial charge in [-0.05, 0) is 88.4 Å². The van der Waals surface area contributed by atoms with Gasteiger partial charge in [0.2, 0.25) is 0 Å². The highest BCUT2D eigenvalue weighted by Crippen LogP contribution is 2.44. The number of hydrogen-bond donors (Lipinski definition) is 0. The minimum Gasteiger partial charge on any atom is -0.462 e. The van der Waals surface area contributed by atoms with Gasteiger partial charge < -0.3 is 4.74 Å². The summed E-state index contributed by atoms with van der Waals surface area (Å²) in [5.74, 6) is 2.91.